The molecule has 2 fully saturated rings. The van der Waals surface area contributed by atoms with Crippen LogP contribution in [0.2, 0.25) is 5.02 Å². The predicted octanol–water partition coefficient (Wildman–Crippen LogP) is 4.27. The van der Waals surface area contributed by atoms with Crippen molar-refractivity contribution in [1.82, 2.24) is 9.88 Å². The molecule has 1 atom stereocenters. The summed E-state index contributed by atoms with van der Waals surface area (Å²) >= 11 is 6.66. The van der Waals surface area contributed by atoms with Crippen LogP contribution < -0.4 is 10.6 Å². The van der Waals surface area contributed by atoms with E-state index in [1.54, 1.807) is 0 Å². The molecule has 31 heavy (non-hydrogen) atoms. The second-order valence-corrected chi connectivity index (χ2v) is 8.51. The number of nitrogen functional groups attached to an aromatic ring is 1. The van der Waals surface area contributed by atoms with Gasteiger partial charge in [-0.15, -0.1) is 0 Å². The van der Waals surface area contributed by atoms with Crippen molar-refractivity contribution in [3.63, 3.8) is 0 Å². The largest absolute Gasteiger partial charge is 0.382 e. The molecular formula is C24H25ClN4O2. The summed E-state index contributed by atoms with van der Waals surface area (Å²) < 4.78 is 5.47. The van der Waals surface area contributed by atoms with Gasteiger partial charge in [-0.25, -0.2) is 4.98 Å². The first-order valence-corrected chi connectivity index (χ1v) is 11.1. The quantitative estimate of drug-likeness (QED) is 0.618. The van der Waals surface area contributed by atoms with Crippen LogP contribution in [0.15, 0.2) is 42.5 Å². The van der Waals surface area contributed by atoms with Crippen molar-refractivity contribution >= 4 is 40.4 Å². The van der Waals surface area contributed by atoms with Crippen LogP contribution in [0.1, 0.15) is 24.4 Å². The number of nitrogens with two attached hydrogens (primary N) is 1. The highest BCUT2D eigenvalue weighted by Gasteiger charge is 2.29. The molecule has 3 heterocycles. The molecule has 2 N–H and O–H groups in total. The van der Waals surface area contributed by atoms with Gasteiger partial charge in [-0.3, -0.25) is 4.79 Å². The summed E-state index contributed by atoms with van der Waals surface area (Å²) in [6.45, 7) is 3.76. The van der Waals surface area contributed by atoms with E-state index in [1.165, 1.54) is 0 Å². The molecule has 0 saturated carbocycles. The number of likely N-dealkylation sites (tertiary alicyclic amines) is 1. The zero-order valence-corrected chi connectivity index (χ0v) is 18.0. The highest BCUT2D eigenvalue weighted by Crippen LogP contribution is 2.41. The number of halogens is 1. The van der Waals surface area contributed by atoms with Crippen LogP contribution >= 0.6 is 11.6 Å². The SMILES string of the molecule is Nc1nc2ccc(-c3cccc(Cl)c3C3CCCN3C=O)cc2cc1N1CCOCC1. The normalized spacial score (nSPS) is 19.2. The first kappa shape index (κ1) is 20.1. The number of morpholine rings is 1. The van der Waals surface area contributed by atoms with Crippen molar-refractivity contribution in [3.8, 4) is 11.1 Å². The number of hydrogen-bond donors (Lipinski definition) is 1. The summed E-state index contributed by atoms with van der Waals surface area (Å²) in [5.74, 6) is 0.540. The monoisotopic (exact) mass is 436 g/mol. The van der Waals surface area contributed by atoms with E-state index in [9.17, 15) is 4.79 Å². The molecule has 1 unspecified atom stereocenters. The fourth-order valence-electron chi connectivity index (χ4n) is 4.76. The van der Waals surface area contributed by atoms with Crippen molar-refractivity contribution in [1.29, 1.82) is 0 Å². The fourth-order valence-corrected chi connectivity index (χ4v) is 5.06. The van der Waals surface area contributed by atoms with E-state index in [0.29, 0.717) is 24.1 Å². The number of benzene rings is 2. The number of fused-ring (bicyclic) bond motifs is 1. The minimum atomic E-state index is 0.00495. The Morgan fingerprint density at radius 1 is 1.13 bits per heavy atom. The third kappa shape index (κ3) is 3.70. The average molecular weight is 437 g/mol. The van der Waals surface area contributed by atoms with Crippen LogP contribution in [0.3, 0.4) is 0 Å². The highest BCUT2D eigenvalue weighted by atomic mass is 35.5. The summed E-state index contributed by atoms with van der Waals surface area (Å²) in [6.07, 6.45) is 2.84. The number of hydrogen-bond acceptors (Lipinski definition) is 5. The smallest absolute Gasteiger partial charge is 0.210 e. The van der Waals surface area contributed by atoms with E-state index in [0.717, 1.165) is 72.2 Å². The van der Waals surface area contributed by atoms with Crippen LogP contribution in [-0.4, -0.2) is 49.1 Å². The van der Waals surface area contributed by atoms with E-state index in [2.05, 4.69) is 34.1 Å². The first-order valence-electron chi connectivity index (χ1n) is 10.7. The van der Waals surface area contributed by atoms with Gasteiger partial charge in [0.1, 0.15) is 5.82 Å². The maximum absolute atomic E-state index is 11.6. The van der Waals surface area contributed by atoms with E-state index in [-0.39, 0.29) is 6.04 Å². The Morgan fingerprint density at radius 3 is 2.77 bits per heavy atom. The molecule has 6 nitrogen and oxygen atoms in total. The molecule has 0 aliphatic carbocycles. The number of anilines is 2. The van der Waals surface area contributed by atoms with E-state index in [1.807, 2.05) is 23.1 Å². The first-order chi connectivity index (χ1) is 15.2. The van der Waals surface area contributed by atoms with Gasteiger partial charge in [0.25, 0.3) is 0 Å². The van der Waals surface area contributed by atoms with Crippen molar-refractivity contribution in [2.24, 2.45) is 0 Å². The molecular weight excluding hydrogens is 412 g/mol. The van der Waals surface area contributed by atoms with Crippen LogP contribution in [0.25, 0.3) is 22.0 Å². The molecule has 5 rings (SSSR count). The predicted molar refractivity (Wildman–Crippen MR) is 124 cm³/mol. The van der Waals surface area contributed by atoms with Crippen molar-refractivity contribution in [3.05, 3.63) is 53.1 Å². The minimum absolute atomic E-state index is 0.00495. The molecule has 2 aliphatic rings. The van der Waals surface area contributed by atoms with E-state index >= 15 is 0 Å². The Hall–Kier alpha value is -2.83. The molecule has 2 aromatic carbocycles. The molecule has 3 aromatic rings. The van der Waals surface area contributed by atoms with Gasteiger partial charge in [-0.2, -0.15) is 0 Å². The lowest BCUT2D eigenvalue weighted by Gasteiger charge is -2.29. The second-order valence-electron chi connectivity index (χ2n) is 8.10. The molecule has 1 aromatic heterocycles. The Balaban J connectivity index is 1.60. The Morgan fingerprint density at radius 2 is 1.97 bits per heavy atom. The molecule has 7 heteroatoms. The Labute approximate surface area is 186 Å². The number of amides is 1. The maximum Gasteiger partial charge on any atom is 0.210 e. The Bertz CT molecular complexity index is 1130. The third-order valence-corrected chi connectivity index (χ3v) is 6.63. The van der Waals surface area contributed by atoms with Crippen molar-refractivity contribution < 1.29 is 9.53 Å². The number of carbonyl (C=O) groups excluding carboxylic acids is 1. The van der Waals surface area contributed by atoms with Gasteiger partial charge >= 0.3 is 0 Å². The van der Waals surface area contributed by atoms with Crippen LogP contribution in [0, 0.1) is 0 Å². The van der Waals surface area contributed by atoms with E-state index < -0.39 is 0 Å². The lowest BCUT2D eigenvalue weighted by molar-refractivity contribution is -0.118. The number of aromatic nitrogens is 1. The van der Waals surface area contributed by atoms with Gasteiger partial charge in [-0.1, -0.05) is 29.8 Å². The lowest BCUT2D eigenvalue weighted by atomic mass is 9.92. The van der Waals surface area contributed by atoms with Gasteiger partial charge in [0.05, 0.1) is 30.5 Å². The molecule has 0 radical (unpaired) electrons. The Kier molecular flexibility index (Phi) is 5.42. The standard InChI is InChI=1S/C24H25ClN4O2/c25-19-4-1-3-18(23(19)21-5-2-8-29(21)15-30)16-6-7-20-17(13-16)14-22(24(26)27-20)28-9-11-31-12-10-28/h1,3-4,6-7,13-15,21H,2,5,8-12H2,(H2,26,27). The molecule has 2 aliphatic heterocycles. The van der Waals surface area contributed by atoms with Crippen LogP contribution in [0.5, 0.6) is 0 Å². The van der Waals surface area contributed by atoms with Gasteiger partial charge in [0, 0.05) is 35.6 Å². The summed E-state index contributed by atoms with van der Waals surface area (Å²) in [4.78, 5) is 20.3. The lowest BCUT2D eigenvalue weighted by Crippen LogP contribution is -2.36. The zero-order valence-electron chi connectivity index (χ0n) is 17.3. The summed E-state index contributed by atoms with van der Waals surface area (Å²) in [6, 6.07) is 14.3. The molecule has 2 saturated heterocycles. The van der Waals surface area contributed by atoms with Gasteiger partial charge in [-0.05, 0) is 48.2 Å². The zero-order chi connectivity index (χ0) is 21.4. The molecule has 160 valence electrons. The van der Waals surface area contributed by atoms with Crippen molar-refractivity contribution in [2.75, 3.05) is 43.5 Å². The second kappa shape index (κ2) is 8.36. The highest BCUT2D eigenvalue weighted by molar-refractivity contribution is 6.31. The topological polar surface area (TPSA) is 71.7 Å². The van der Waals surface area contributed by atoms with Gasteiger partial charge < -0.3 is 20.3 Å². The molecule has 0 spiro atoms. The van der Waals surface area contributed by atoms with E-state index in [4.69, 9.17) is 22.1 Å². The van der Waals surface area contributed by atoms with Crippen LogP contribution in [-0.2, 0) is 9.53 Å². The van der Waals surface area contributed by atoms with Gasteiger partial charge in [0.15, 0.2) is 0 Å². The van der Waals surface area contributed by atoms with Crippen molar-refractivity contribution in [2.45, 2.75) is 18.9 Å². The average Bonchev–Trinajstić information content (AvgIpc) is 3.27. The minimum Gasteiger partial charge on any atom is -0.382 e. The summed E-state index contributed by atoms with van der Waals surface area (Å²) in [5.41, 5.74) is 11.2. The number of ether oxygens (including phenoxy) is 1. The number of rotatable bonds is 4. The summed E-state index contributed by atoms with van der Waals surface area (Å²) in [5, 5.41) is 1.72. The van der Waals surface area contributed by atoms with Gasteiger partial charge in [0.2, 0.25) is 6.41 Å². The number of carbonyl (C=O) groups is 1. The fraction of sp³-hybridized carbons (Fsp3) is 0.333. The van der Waals surface area contributed by atoms with Crippen LogP contribution in [0.4, 0.5) is 11.5 Å². The number of pyridine rings is 1. The molecule has 0 bridgehead atoms. The maximum atomic E-state index is 11.6. The molecule has 1 amide bonds. The summed E-state index contributed by atoms with van der Waals surface area (Å²) in [7, 11) is 0. The third-order valence-electron chi connectivity index (χ3n) is 6.30. The number of nitrogens with zero attached hydrogens (tertiary/aromatic N) is 3.